The van der Waals surface area contributed by atoms with Crippen LogP contribution in [-0.4, -0.2) is 18.7 Å². The minimum atomic E-state index is 0.159. The van der Waals surface area contributed by atoms with E-state index in [4.69, 9.17) is 4.74 Å². The highest BCUT2D eigenvalue weighted by molar-refractivity contribution is 5.50. The predicted molar refractivity (Wildman–Crippen MR) is 78.9 cm³/mol. The molecule has 0 aliphatic rings. The molecule has 2 nitrogen and oxygen atoms in total. The van der Waals surface area contributed by atoms with Gasteiger partial charge in [-0.3, -0.25) is 0 Å². The fraction of sp³-hybridized carbons (Fsp3) is 0.375. The van der Waals surface area contributed by atoms with E-state index in [0.717, 1.165) is 12.3 Å². The first-order chi connectivity index (χ1) is 8.51. The highest BCUT2D eigenvalue weighted by Gasteiger charge is 2.05. The quantitative estimate of drug-likeness (QED) is 0.772. The van der Waals surface area contributed by atoms with E-state index in [-0.39, 0.29) is 5.54 Å². The van der Waals surface area contributed by atoms with Gasteiger partial charge in [-0.2, -0.15) is 0 Å². The van der Waals surface area contributed by atoms with E-state index in [2.05, 4.69) is 44.8 Å². The largest absolute Gasteiger partial charge is 0.490 e. The molecule has 0 saturated carbocycles. The van der Waals surface area contributed by atoms with E-state index >= 15 is 0 Å². The third kappa shape index (κ3) is 6.26. The van der Waals surface area contributed by atoms with Crippen LogP contribution in [0.5, 0.6) is 5.75 Å². The molecule has 18 heavy (non-hydrogen) atoms. The SMILES string of the molecule is C=CCOc1ccc(C=CCNC(C)(C)C)cc1. The molecule has 2 heteroatoms. The molecule has 0 saturated heterocycles. The summed E-state index contributed by atoms with van der Waals surface area (Å²) in [6, 6.07) is 8.04. The highest BCUT2D eigenvalue weighted by atomic mass is 16.5. The number of hydrogen-bond donors (Lipinski definition) is 1. The van der Waals surface area contributed by atoms with Gasteiger partial charge in [-0.1, -0.05) is 36.9 Å². The number of nitrogens with one attached hydrogen (secondary N) is 1. The van der Waals surface area contributed by atoms with Gasteiger partial charge in [0.15, 0.2) is 0 Å². The first kappa shape index (κ1) is 14.5. The molecule has 0 fully saturated rings. The van der Waals surface area contributed by atoms with Gasteiger partial charge >= 0.3 is 0 Å². The molecule has 0 aliphatic heterocycles. The highest BCUT2D eigenvalue weighted by Crippen LogP contribution is 2.13. The van der Waals surface area contributed by atoms with Crippen LogP contribution in [-0.2, 0) is 0 Å². The minimum Gasteiger partial charge on any atom is -0.490 e. The summed E-state index contributed by atoms with van der Waals surface area (Å²) in [6.45, 7) is 11.5. The van der Waals surface area contributed by atoms with E-state index in [1.807, 2.05) is 24.3 Å². The summed E-state index contributed by atoms with van der Waals surface area (Å²) in [5.74, 6) is 0.875. The second kappa shape index (κ2) is 7.02. The lowest BCUT2D eigenvalue weighted by molar-refractivity contribution is 0.363. The molecular weight excluding hydrogens is 222 g/mol. The Balaban J connectivity index is 2.43. The molecule has 0 bridgehead atoms. The molecule has 0 unspecified atom stereocenters. The van der Waals surface area contributed by atoms with Crippen molar-refractivity contribution in [3.63, 3.8) is 0 Å². The topological polar surface area (TPSA) is 21.3 Å². The summed E-state index contributed by atoms with van der Waals surface area (Å²) in [4.78, 5) is 0. The van der Waals surface area contributed by atoms with E-state index in [1.54, 1.807) is 6.08 Å². The Hall–Kier alpha value is -1.54. The average Bonchev–Trinajstić information content (AvgIpc) is 2.32. The van der Waals surface area contributed by atoms with Gasteiger partial charge < -0.3 is 10.1 Å². The zero-order chi connectivity index (χ0) is 13.4. The Morgan fingerprint density at radius 1 is 1.22 bits per heavy atom. The number of rotatable bonds is 6. The molecule has 0 radical (unpaired) electrons. The fourth-order valence-electron chi connectivity index (χ4n) is 1.39. The molecule has 98 valence electrons. The summed E-state index contributed by atoms with van der Waals surface area (Å²) >= 11 is 0. The standard InChI is InChI=1S/C16H23NO/c1-5-13-18-15-10-8-14(9-11-15)7-6-12-17-16(2,3)4/h5-11,17H,1,12-13H2,2-4H3. The second-order valence-electron chi connectivity index (χ2n) is 5.20. The Labute approximate surface area is 110 Å². The second-order valence-corrected chi connectivity index (χ2v) is 5.20. The first-order valence-corrected chi connectivity index (χ1v) is 6.26. The third-order valence-electron chi connectivity index (χ3n) is 2.31. The zero-order valence-corrected chi connectivity index (χ0v) is 11.6. The maximum Gasteiger partial charge on any atom is 0.119 e. The van der Waals surface area contributed by atoms with Crippen molar-refractivity contribution >= 4 is 6.08 Å². The summed E-state index contributed by atoms with van der Waals surface area (Å²) < 4.78 is 5.43. The number of ether oxygens (including phenoxy) is 1. The molecular formula is C16H23NO. The fourth-order valence-corrected chi connectivity index (χ4v) is 1.39. The molecule has 0 heterocycles. The average molecular weight is 245 g/mol. The van der Waals surface area contributed by atoms with E-state index in [0.29, 0.717) is 6.61 Å². The molecule has 0 atom stereocenters. The van der Waals surface area contributed by atoms with E-state index in [9.17, 15) is 0 Å². The number of hydrogen-bond acceptors (Lipinski definition) is 2. The van der Waals surface area contributed by atoms with Gasteiger partial charge in [0.05, 0.1) is 0 Å². The van der Waals surface area contributed by atoms with Crippen LogP contribution in [0.1, 0.15) is 26.3 Å². The van der Waals surface area contributed by atoms with Crippen molar-refractivity contribution in [1.82, 2.24) is 5.32 Å². The zero-order valence-electron chi connectivity index (χ0n) is 11.6. The van der Waals surface area contributed by atoms with Crippen molar-refractivity contribution in [3.05, 3.63) is 48.6 Å². The van der Waals surface area contributed by atoms with Crippen LogP contribution in [0.3, 0.4) is 0 Å². The lowest BCUT2D eigenvalue weighted by Crippen LogP contribution is -2.35. The van der Waals surface area contributed by atoms with E-state index in [1.165, 1.54) is 5.56 Å². The lowest BCUT2D eigenvalue weighted by atomic mass is 10.1. The molecule has 0 aromatic heterocycles. The van der Waals surface area contributed by atoms with Crippen molar-refractivity contribution in [2.45, 2.75) is 26.3 Å². The van der Waals surface area contributed by atoms with Crippen LogP contribution in [0.4, 0.5) is 0 Å². The van der Waals surface area contributed by atoms with E-state index < -0.39 is 0 Å². The molecule has 1 rings (SSSR count). The molecule has 0 aliphatic carbocycles. The molecule has 0 spiro atoms. The van der Waals surface area contributed by atoms with Crippen LogP contribution in [0, 0.1) is 0 Å². The molecule has 1 N–H and O–H groups in total. The van der Waals surface area contributed by atoms with Gasteiger partial charge in [-0.05, 0) is 38.5 Å². The summed E-state index contributed by atoms with van der Waals surface area (Å²) in [5, 5.41) is 3.41. The summed E-state index contributed by atoms with van der Waals surface area (Å²) in [5.41, 5.74) is 1.34. The Kier molecular flexibility index (Phi) is 5.66. The monoisotopic (exact) mass is 245 g/mol. The van der Waals surface area contributed by atoms with Gasteiger partial charge in [0.1, 0.15) is 12.4 Å². The summed E-state index contributed by atoms with van der Waals surface area (Å²) in [6.07, 6.45) is 5.98. The third-order valence-corrected chi connectivity index (χ3v) is 2.31. The Morgan fingerprint density at radius 2 is 1.89 bits per heavy atom. The molecule has 1 aromatic carbocycles. The van der Waals surface area contributed by atoms with Crippen molar-refractivity contribution in [3.8, 4) is 5.75 Å². The lowest BCUT2D eigenvalue weighted by Gasteiger charge is -2.18. The van der Waals surface area contributed by atoms with Crippen LogP contribution in [0.25, 0.3) is 6.08 Å². The van der Waals surface area contributed by atoms with Gasteiger partial charge in [-0.25, -0.2) is 0 Å². The number of benzene rings is 1. The first-order valence-electron chi connectivity index (χ1n) is 6.26. The van der Waals surface area contributed by atoms with Gasteiger partial charge in [0.2, 0.25) is 0 Å². The molecule has 1 aromatic rings. The van der Waals surface area contributed by atoms with Crippen molar-refractivity contribution < 1.29 is 4.74 Å². The minimum absolute atomic E-state index is 0.159. The summed E-state index contributed by atoms with van der Waals surface area (Å²) in [7, 11) is 0. The van der Waals surface area contributed by atoms with Crippen LogP contribution >= 0.6 is 0 Å². The van der Waals surface area contributed by atoms with Crippen LogP contribution in [0.2, 0.25) is 0 Å². The normalized spacial score (nSPS) is 11.7. The van der Waals surface area contributed by atoms with Gasteiger partial charge in [-0.15, -0.1) is 0 Å². The van der Waals surface area contributed by atoms with Crippen molar-refractivity contribution in [1.29, 1.82) is 0 Å². The van der Waals surface area contributed by atoms with Crippen molar-refractivity contribution in [2.75, 3.05) is 13.2 Å². The molecule has 0 amide bonds. The van der Waals surface area contributed by atoms with Gasteiger partial charge in [0, 0.05) is 12.1 Å². The van der Waals surface area contributed by atoms with Crippen molar-refractivity contribution in [2.24, 2.45) is 0 Å². The van der Waals surface area contributed by atoms with Crippen LogP contribution in [0.15, 0.2) is 43.0 Å². The Bertz CT molecular complexity index is 385. The maximum atomic E-state index is 5.43. The predicted octanol–water partition coefficient (Wildman–Crippen LogP) is 3.65. The smallest absolute Gasteiger partial charge is 0.119 e. The maximum absolute atomic E-state index is 5.43. The van der Waals surface area contributed by atoms with Gasteiger partial charge in [0.25, 0.3) is 0 Å². The Morgan fingerprint density at radius 3 is 2.44 bits per heavy atom. The van der Waals surface area contributed by atoms with Crippen LogP contribution < -0.4 is 10.1 Å².